The molecule has 2 aliphatic rings. The highest BCUT2D eigenvalue weighted by Gasteiger charge is 2.44. The number of thiophene rings is 1. The zero-order chi connectivity index (χ0) is 16.3. The molecule has 3 rings (SSSR count). The standard InChI is InChI=1S/C18H28N2O2S/c1-14(2)20-11-8-18(9-12-20)7-5-16(22-18)17(21)19-10-6-15-4-3-13-23-15/h3-4,13-14,16H,5-12H2,1-2H3,(H,19,21)/t16-/m1/s1. The molecule has 1 aromatic rings. The quantitative estimate of drug-likeness (QED) is 0.899. The number of hydrogen-bond donors (Lipinski definition) is 1. The first-order valence-corrected chi connectivity index (χ1v) is 9.68. The van der Waals surface area contributed by atoms with Gasteiger partial charge in [0.25, 0.3) is 0 Å². The van der Waals surface area contributed by atoms with Crippen molar-refractivity contribution in [3.8, 4) is 0 Å². The summed E-state index contributed by atoms with van der Waals surface area (Å²) >= 11 is 1.74. The van der Waals surface area contributed by atoms with Crippen molar-refractivity contribution < 1.29 is 9.53 Å². The predicted molar refractivity (Wildman–Crippen MR) is 93.8 cm³/mol. The lowest BCUT2D eigenvalue weighted by Crippen LogP contribution is -2.47. The summed E-state index contributed by atoms with van der Waals surface area (Å²) in [7, 11) is 0. The Kier molecular flexibility index (Phi) is 5.39. The molecule has 2 aliphatic heterocycles. The Morgan fingerprint density at radius 1 is 1.43 bits per heavy atom. The van der Waals surface area contributed by atoms with Gasteiger partial charge < -0.3 is 15.0 Å². The van der Waals surface area contributed by atoms with E-state index in [9.17, 15) is 4.79 Å². The molecule has 2 fully saturated rings. The van der Waals surface area contributed by atoms with Crippen molar-refractivity contribution in [3.05, 3.63) is 22.4 Å². The van der Waals surface area contributed by atoms with Gasteiger partial charge in [0.2, 0.25) is 5.91 Å². The molecular weight excluding hydrogens is 308 g/mol. The largest absolute Gasteiger partial charge is 0.362 e. The Labute approximate surface area is 143 Å². The van der Waals surface area contributed by atoms with Gasteiger partial charge in [-0.15, -0.1) is 11.3 Å². The van der Waals surface area contributed by atoms with Crippen LogP contribution in [0.25, 0.3) is 0 Å². The number of carbonyl (C=O) groups excluding carboxylic acids is 1. The molecular formula is C18H28N2O2S. The van der Waals surface area contributed by atoms with E-state index in [2.05, 4.69) is 41.6 Å². The first-order valence-electron chi connectivity index (χ1n) is 8.80. The van der Waals surface area contributed by atoms with E-state index in [1.165, 1.54) is 4.88 Å². The molecule has 0 unspecified atom stereocenters. The fourth-order valence-corrected chi connectivity index (χ4v) is 4.40. The molecule has 5 heteroatoms. The minimum absolute atomic E-state index is 0.0405. The molecule has 0 aliphatic carbocycles. The molecule has 1 spiro atoms. The monoisotopic (exact) mass is 336 g/mol. The highest BCUT2D eigenvalue weighted by molar-refractivity contribution is 7.09. The number of hydrogen-bond acceptors (Lipinski definition) is 4. The molecule has 0 aromatic carbocycles. The lowest BCUT2D eigenvalue weighted by atomic mass is 9.88. The number of rotatable bonds is 5. The Morgan fingerprint density at radius 2 is 2.22 bits per heavy atom. The average Bonchev–Trinajstić information content (AvgIpc) is 3.18. The van der Waals surface area contributed by atoms with Gasteiger partial charge >= 0.3 is 0 Å². The third-order valence-corrected chi connectivity index (χ3v) is 6.17. The summed E-state index contributed by atoms with van der Waals surface area (Å²) in [6.07, 6.45) is 4.68. The SMILES string of the molecule is CC(C)N1CCC2(CC[C@H](C(=O)NCCc3cccs3)O2)CC1. The number of amides is 1. The third kappa shape index (κ3) is 4.14. The maximum absolute atomic E-state index is 12.3. The maximum atomic E-state index is 12.3. The molecule has 1 atom stereocenters. The van der Waals surface area contributed by atoms with Gasteiger partial charge in [-0.25, -0.2) is 0 Å². The zero-order valence-electron chi connectivity index (χ0n) is 14.2. The van der Waals surface area contributed by atoms with Crippen LogP contribution in [-0.4, -0.2) is 48.2 Å². The van der Waals surface area contributed by atoms with Crippen LogP contribution in [0, 0.1) is 0 Å². The van der Waals surface area contributed by atoms with E-state index >= 15 is 0 Å². The Balaban J connectivity index is 1.43. The number of ether oxygens (including phenoxy) is 1. The van der Waals surface area contributed by atoms with Crippen molar-refractivity contribution in [1.29, 1.82) is 0 Å². The lowest BCUT2D eigenvalue weighted by molar-refractivity contribution is -0.141. The zero-order valence-corrected chi connectivity index (χ0v) is 15.0. The molecule has 23 heavy (non-hydrogen) atoms. The van der Waals surface area contributed by atoms with Crippen LogP contribution >= 0.6 is 11.3 Å². The molecule has 3 heterocycles. The van der Waals surface area contributed by atoms with E-state index in [1.807, 2.05) is 0 Å². The van der Waals surface area contributed by atoms with Gasteiger partial charge in [-0.2, -0.15) is 0 Å². The number of likely N-dealkylation sites (tertiary alicyclic amines) is 1. The topological polar surface area (TPSA) is 41.6 Å². The Morgan fingerprint density at radius 3 is 2.87 bits per heavy atom. The first-order chi connectivity index (χ1) is 11.1. The second-order valence-electron chi connectivity index (χ2n) is 7.08. The second-order valence-corrected chi connectivity index (χ2v) is 8.11. The molecule has 128 valence electrons. The van der Waals surface area contributed by atoms with Crippen LogP contribution in [0.3, 0.4) is 0 Å². The minimum Gasteiger partial charge on any atom is -0.362 e. The molecule has 1 N–H and O–H groups in total. The minimum atomic E-state index is -0.246. The van der Waals surface area contributed by atoms with Crippen molar-refractivity contribution in [1.82, 2.24) is 10.2 Å². The number of nitrogens with zero attached hydrogens (tertiary/aromatic N) is 1. The summed E-state index contributed by atoms with van der Waals surface area (Å²) in [5.74, 6) is 0.0738. The van der Waals surface area contributed by atoms with Crippen LogP contribution in [0.2, 0.25) is 0 Å². The van der Waals surface area contributed by atoms with Crippen molar-refractivity contribution in [2.75, 3.05) is 19.6 Å². The molecule has 1 amide bonds. The Hall–Kier alpha value is -0.910. The van der Waals surface area contributed by atoms with Gasteiger partial charge in [-0.1, -0.05) is 6.07 Å². The molecule has 0 radical (unpaired) electrons. The molecule has 0 saturated carbocycles. The summed E-state index contributed by atoms with van der Waals surface area (Å²) in [4.78, 5) is 16.1. The van der Waals surface area contributed by atoms with Crippen LogP contribution in [0.4, 0.5) is 0 Å². The van der Waals surface area contributed by atoms with E-state index < -0.39 is 0 Å². The normalized spacial score (nSPS) is 24.4. The summed E-state index contributed by atoms with van der Waals surface area (Å²) < 4.78 is 6.23. The van der Waals surface area contributed by atoms with Gasteiger partial charge in [-0.05, 0) is 57.4 Å². The first kappa shape index (κ1) is 16.9. The molecule has 2 saturated heterocycles. The van der Waals surface area contributed by atoms with Crippen molar-refractivity contribution >= 4 is 17.2 Å². The lowest BCUT2D eigenvalue weighted by Gasteiger charge is -2.40. The van der Waals surface area contributed by atoms with E-state index in [4.69, 9.17) is 4.74 Å². The maximum Gasteiger partial charge on any atom is 0.249 e. The number of nitrogens with one attached hydrogen (secondary N) is 1. The summed E-state index contributed by atoms with van der Waals surface area (Å²) in [6, 6.07) is 4.76. The van der Waals surface area contributed by atoms with E-state index in [0.717, 1.165) is 45.2 Å². The van der Waals surface area contributed by atoms with Gasteiger partial charge in [0, 0.05) is 30.6 Å². The average molecular weight is 337 g/mol. The molecule has 0 bridgehead atoms. The smallest absolute Gasteiger partial charge is 0.249 e. The van der Waals surface area contributed by atoms with Crippen molar-refractivity contribution in [3.63, 3.8) is 0 Å². The van der Waals surface area contributed by atoms with Crippen LogP contribution in [-0.2, 0) is 16.0 Å². The highest BCUT2D eigenvalue weighted by Crippen LogP contribution is 2.39. The molecule has 1 aromatic heterocycles. The van der Waals surface area contributed by atoms with Crippen molar-refractivity contribution in [2.24, 2.45) is 0 Å². The highest BCUT2D eigenvalue weighted by atomic mass is 32.1. The van der Waals surface area contributed by atoms with Crippen LogP contribution in [0.15, 0.2) is 17.5 Å². The van der Waals surface area contributed by atoms with Gasteiger partial charge in [0.1, 0.15) is 6.10 Å². The van der Waals surface area contributed by atoms with E-state index in [-0.39, 0.29) is 17.6 Å². The third-order valence-electron chi connectivity index (χ3n) is 5.24. The molecule has 4 nitrogen and oxygen atoms in total. The number of piperidine rings is 1. The fraction of sp³-hybridized carbons (Fsp3) is 0.722. The fourth-order valence-electron chi connectivity index (χ4n) is 3.69. The summed E-state index contributed by atoms with van der Waals surface area (Å²) in [5.41, 5.74) is -0.0405. The summed E-state index contributed by atoms with van der Waals surface area (Å²) in [6.45, 7) is 7.37. The summed E-state index contributed by atoms with van der Waals surface area (Å²) in [5, 5.41) is 5.12. The van der Waals surface area contributed by atoms with Crippen LogP contribution in [0.1, 0.15) is 44.4 Å². The number of carbonyl (C=O) groups is 1. The second kappa shape index (κ2) is 7.32. The van der Waals surface area contributed by atoms with Gasteiger partial charge in [0.15, 0.2) is 0 Å². The predicted octanol–water partition coefficient (Wildman–Crippen LogP) is 2.83. The van der Waals surface area contributed by atoms with E-state index in [0.29, 0.717) is 12.6 Å². The van der Waals surface area contributed by atoms with Crippen molar-refractivity contribution in [2.45, 2.75) is 63.7 Å². The Bertz CT molecular complexity index is 507. The van der Waals surface area contributed by atoms with Crippen LogP contribution in [0.5, 0.6) is 0 Å². The van der Waals surface area contributed by atoms with E-state index in [1.54, 1.807) is 11.3 Å². The van der Waals surface area contributed by atoms with Gasteiger partial charge in [-0.3, -0.25) is 4.79 Å². The van der Waals surface area contributed by atoms with Gasteiger partial charge in [0.05, 0.1) is 5.60 Å². The van der Waals surface area contributed by atoms with Crippen LogP contribution < -0.4 is 5.32 Å².